The Bertz CT molecular complexity index is 168. The molecule has 1 aliphatic rings. The van der Waals surface area contributed by atoms with Crippen LogP contribution in [0.1, 0.15) is 40.0 Å². The van der Waals surface area contributed by atoms with Gasteiger partial charge < -0.3 is 5.32 Å². The SMILES string of the molecule is CSCC(C)CNC1CCCC1(C)C. The maximum Gasteiger partial charge on any atom is 0.0118 e. The molecule has 0 radical (unpaired) electrons. The number of thioether (sulfide) groups is 1. The summed E-state index contributed by atoms with van der Waals surface area (Å²) in [5, 5.41) is 3.74. The third kappa shape index (κ3) is 3.47. The molecule has 1 rings (SSSR count). The molecule has 2 heteroatoms. The first-order valence-corrected chi connectivity index (χ1v) is 7.18. The molecular weight excluding hydrogens is 190 g/mol. The highest BCUT2D eigenvalue weighted by Gasteiger charge is 2.33. The van der Waals surface area contributed by atoms with Crippen molar-refractivity contribution < 1.29 is 0 Å². The lowest BCUT2D eigenvalue weighted by atomic mass is 9.87. The second-order valence-corrected chi connectivity index (χ2v) is 6.31. The van der Waals surface area contributed by atoms with Crippen LogP contribution < -0.4 is 5.32 Å². The van der Waals surface area contributed by atoms with Gasteiger partial charge in [0.15, 0.2) is 0 Å². The van der Waals surface area contributed by atoms with Crippen LogP contribution in [0.4, 0.5) is 0 Å². The molecule has 0 aromatic carbocycles. The summed E-state index contributed by atoms with van der Waals surface area (Å²) in [5.74, 6) is 2.08. The van der Waals surface area contributed by atoms with Crippen LogP contribution in [-0.4, -0.2) is 24.6 Å². The summed E-state index contributed by atoms with van der Waals surface area (Å²) in [5.41, 5.74) is 0.527. The summed E-state index contributed by atoms with van der Waals surface area (Å²) < 4.78 is 0. The first kappa shape index (κ1) is 12.4. The van der Waals surface area contributed by atoms with Crippen molar-refractivity contribution in [1.29, 1.82) is 0 Å². The second-order valence-electron chi connectivity index (χ2n) is 5.40. The number of rotatable bonds is 5. The lowest BCUT2D eigenvalue weighted by molar-refractivity contribution is 0.276. The van der Waals surface area contributed by atoms with E-state index in [-0.39, 0.29) is 0 Å². The summed E-state index contributed by atoms with van der Waals surface area (Å²) in [4.78, 5) is 0. The van der Waals surface area contributed by atoms with Gasteiger partial charge in [-0.2, -0.15) is 11.8 Å². The minimum atomic E-state index is 0.527. The molecule has 84 valence electrons. The smallest absolute Gasteiger partial charge is 0.0118 e. The summed E-state index contributed by atoms with van der Waals surface area (Å²) in [6.45, 7) is 8.33. The molecule has 1 aliphatic carbocycles. The molecule has 1 N–H and O–H groups in total. The van der Waals surface area contributed by atoms with E-state index in [0.29, 0.717) is 5.41 Å². The highest BCUT2D eigenvalue weighted by molar-refractivity contribution is 7.98. The molecule has 14 heavy (non-hydrogen) atoms. The van der Waals surface area contributed by atoms with Crippen molar-refractivity contribution in [1.82, 2.24) is 5.32 Å². The Morgan fingerprint density at radius 3 is 2.71 bits per heavy atom. The monoisotopic (exact) mass is 215 g/mol. The molecule has 0 amide bonds. The van der Waals surface area contributed by atoms with Gasteiger partial charge in [0.25, 0.3) is 0 Å². The second kappa shape index (κ2) is 5.41. The molecule has 0 aromatic heterocycles. The van der Waals surface area contributed by atoms with E-state index in [1.807, 2.05) is 11.8 Å². The first-order valence-electron chi connectivity index (χ1n) is 5.78. The molecule has 0 aliphatic heterocycles. The molecule has 0 spiro atoms. The molecule has 1 fully saturated rings. The van der Waals surface area contributed by atoms with Gasteiger partial charge >= 0.3 is 0 Å². The molecular formula is C12H25NS. The average Bonchev–Trinajstić information content (AvgIpc) is 2.42. The fraction of sp³-hybridized carbons (Fsp3) is 1.00. The minimum absolute atomic E-state index is 0.527. The van der Waals surface area contributed by atoms with Crippen molar-refractivity contribution in [3.8, 4) is 0 Å². The Morgan fingerprint density at radius 2 is 2.21 bits per heavy atom. The Hall–Kier alpha value is 0.310. The molecule has 0 bridgehead atoms. The van der Waals surface area contributed by atoms with Crippen LogP contribution in [0.25, 0.3) is 0 Å². The highest BCUT2D eigenvalue weighted by Crippen LogP contribution is 2.37. The van der Waals surface area contributed by atoms with Crippen LogP contribution in [0, 0.1) is 11.3 Å². The topological polar surface area (TPSA) is 12.0 Å². The predicted octanol–water partition coefficient (Wildman–Crippen LogP) is 3.15. The quantitative estimate of drug-likeness (QED) is 0.756. The zero-order chi connectivity index (χ0) is 10.6. The van der Waals surface area contributed by atoms with Crippen molar-refractivity contribution >= 4 is 11.8 Å². The fourth-order valence-corrected chi connectivity index (χ4v) is 3.08. The van der Waals surface area contributed by atoms with E-state index < -0.39 is 0 Å². The van der Waals surface area contributed by atoms with Crippen molar-refractivity contribution in [2.24, 2.45) is 11.3 Å². The predicted molar refractivity (Wildman–Crippen MR) is 67.0 cm³/mol. The van der Waals surface area contributed by atoms with Crippen LogP contribution in [-0.2, 0) is 0 Å². The van der Waals surface area contributed by atoms with Gasteiger partial charge in [-0.05, 0) is 42.7 Å². The summed E-state index contributed by atoms with van der Waals surface area (Å²) in [6, 6.07) is 0.756. The Morgan fingerprint density at radius 1 is 1.50 bits per heavy atom. The molecule has 2 atom stereocenters. The van der Waals surface area contributed by atoms with Gasteiger partial charge in [-0.1, -0.05) is 27.2 Å². The minimum Gasteiger partial charge on any atom is -0.313 e. The van der Waals surface area contributed by atoms with E-state index in [0.717, 1.165) is 12.0 Å². The zero-order valence-electron chi connectivity index (χ0n) is 10.1. The van der Waals surface area contributed by atoms with E-state index >= 15 is 0 Å². The largest absolute Gasteiger partial charge is 0.313 e. The summed E-state index contributed by atoms with van der Waals surface area (Å²) in [7, 11) is 0. The van der Waals surface area contributed by atoms with Crippen LogP contribution in [0.2, 0.25) is 0 Å². The number of hydrogen-bond acceptors (Lipinski definition) is 2. The van der Waals surface area contributed by atoms with E-state index in [1.165, 1.54) is 31.6 Å². The fourth-order valence-electron chi connectivity index (χ4n) is 2.39. The Labute approximate surface area is 93.4 Å². The van der Waals surface area contributed by atoms with Crippen molar-refractivity contribution in [2.45, 2.75) is 46.1 Å². The van der Waals surface area contributed by atoms with E-state index in [9.17, 15) is 0 Å². The van der Waals surface area contributed by atoms with E-state index in [2.05, 4.69) is 32.3 Å². The van der Waals surface area contributed by atoms with Gasteiger partial charge in [0.05, 0.1) is 0 Å². The number of nitrogens with one attached hydrogen (secondary N) is 1. The lowest BCUT2D eigenvalue weighted by Gasteiger charge is -2.29. The van der Waals surface area contributed by atoms with Gasteiger partial charge in [0.2, 0.25) is 0 Å². The third-order valence-corrected chi connectivity index (χ3v) is 4.32. The first-order chi connectivity index (χ1) is 6.56. The van der Waals surface area contributed by atoms with Crippen LogP contribution in [0.5, 0.6) is 0 Å². The third-order valence-electron chi connectivity index (χ3n) is 3.42. The molecule has 0 aromatic rings. The van der Waals surface area contributed by atoms with E-state index in [1.54, 1.807) is 0 Å². The van der Waals surface area contributed by atoms with Gasteiger partial charge in [0.1, 0.15) is 0 Å². The molecule has 1 nitrogen and oxygen atoms in total. The summed E-state index contributed by atoms with van der Waals surface area (Å²) >= 11 is 1.95. The van der Waals surface area contributed by atoms with Crippen molar-refractivity contribution in [2.75, 3.05) is 18.6 Å². The highest BCUT2D eigenvalue weighted by atomic mass is 32.2. The average molecular weight is 215 g/mol. The van der Waals surface area contributed by atoms with Crippen LogP contribution in [0.3, 0.4) is 0 Å². The summed E-state index contributed by atoms with van der Waals surface area (Å²) in [6.07, 6.45) is 6.36. The van der Waals surface area contributed by atoms with Crippen molar-refractivity contribution in [3.05, 3.63) is 0 Å². The van der Waals surface area contributed by atoms with Gasteiger partial charge in [-0.25, -0.2) is 0 Å². The van der Waals surface area contributed by atoms with Gasteiger partial charge in [-0.3, -0.25) is 0 Å². The van der Waals surface area contributed by atoms with E-state index in [4.69, 9.17) is 0 Å². The lowest BCUT2D eigenvalue weighted by Crippen LogP contribution is -2.40. The maximum atomic E-state index is 3.74. The van der Waals surface area contributed by atoms with Gasteiger partial charge in [-0.15, -0.1) is 0 Å². The Kier molecular flexibility index (Phi) is 4.78. The van der Waals surface area contributed by atoms with Crippen LogP contribution >= 0.6 is 11.8 Å². The normalized spacial score (nSPS) is 27.9. The Balaban J connectivity index is 2.24. The maximum absolute atomic E-state index is 3.74. The molecule has 0 heterocycles. The zero-order valence-corrected chi connectivity index (χ0v) is 10.9. The molecule has 1 saturated carbocycles. The van der Waals surface area contributed by atoms with Gasteiger partial charge in [0, 0.05) is 6.04 Å². The van der Waals surface area contributed by atoms with Crippen molar-refractivity contribution in [3.63, 3.8) is 0 Å². The molecule has 2 unspecified atom stereocenters. The van der Waals surface area contributed by atoms with Crippen LogP contribution in [0.15, 0.2) is 0 Å². The number of hydrogen-bond donors (Lipinski definition) is 1. The standard InChI is InChI=1S/C12H25NS/c1-10(9-14-4)8-13-11-6-5-7-12(11,2)3/h10-11,13H,5-9H2,1-4H3. The molecule has 0 saturated heterocycles.